The number of carbonyl (C=O) groups is 2. The highest BCUT2D eigenvalue weighted by atomic mass is 32.2. The maximum Gasteiger partial charge on any atom is 0.341 e. The highest BCUT2D eigenvalue weighted by molar-refractivity contribution is 7.91. The second kappa shape index (κ2) is 8.25. The zero-order valence-corrected chi connectivity index (χ0v) is 15.3. The van der Waals surface area contributed by atoms with Crippen LogP contribution in [0.25, 0.3) is 0 Å². The van der Waals surface area contributed by atoms with E-state index in [1.165, 1.54) is 4.68 Å². The van der Waals surface area contributed by atoms with Crippen molar-refractivity contribution in [3.63, 3.8) is 0 Å². The Morgan fingerprint density at radius 2 is 1.85 bits per heavy atom. The average Bonchev–Trinajstić information content (AvgIpc) is 2.90. The predicted molar refractivity (Wildman–Crippen MR) is 90.9 cm³/mol. The molecule has 1 aromatic carbocycles. The van der Waals surface area contributed by atoms with Crippen molar-refractivity contribution in [1.82, 2.24) is 9.78 Å². The maximum absolute atomic E-state index is 12.5. The second-order valence-electron chi connectivity index (χ2n) is 5.62. The molecular weight excluding hydrogens is 384 g/mol. The topological polar surface area (TPSA) is 107 Å². The quantitative estimate of drug-likeness (QED) is 0.708. The zero-order valence-electron chi connectivity index (χ0n) is 14.5. The number of aryl methyl sites for hydroxylation is 2. The van der Waals surface area contributed by atoms with Crippen LogP contribution in [-0.2, 0) is 30.7 Å². The Morgan fingerprint density at radius 3 is 2.37 bits per heavy atom. The lowest BCUT2D eigenvalue weighted by atomic mass is 10.3. The van der Waals surface area contributed by atoms with E-state index in [9.17, 15) is 26.8 Å². The number of anilines is 1. The molecule has 27 heavy (non-hydrogen) atoms. The van der Waals surface area contributed by atoms with Crippen LogP contribution in [0, 0.1) is 13.8 Å². The number of ether oxygens (including phenoxy) is 1. The molecule has 0 unspecified atom stereocenters. The minimum Gasteiger partial charge on any atom is -0.454 e. The van der Waals surface area contributed by atoms with Crippen LogP contribution in [0.2, 0.25) is 0 Å². The molecule has 0 radical (unpaired) electrons. The van der Waals surface area contributed by atoms with E-state index in [4.69, 9.17) is 4.74 Å². The fourth-order valence-electron chi connectivity index (χ4n) is 2.18. The van der Waals surface area contributed by atoms with Gasteiger partial charge in [-0.15, -0.1) is 0 Å². The van der Waals surface area contributed by atoms with E-state index in [0.29, 0.717) is 0 Å². The highest BCUT2D eigenvalue weighted by Crippen LogP contribution is 2.20. The Bertz CT molecular complexity index is 939. The van der Waals surface area contributed by atoms with Gasteiger partial charge in [-0.25, -0.2) is 8.42 Å². The number of sulfone groups is 1. The molecule has 0 fully saturated rings. The van der Waals surface area contributed by atoms with Gasteiger partial charge in [-0.05, 0) is 44.2 Å². The van der Waals surface area contributed by atoms with Crippen molar-refractivity contribution in [1.29, 1.82) is 0 Å². The molecule has 0 atom stereocenters. The summed E-state index contributed by atoms with van der Waals surface area (Å²) in [5.74, 6) is -4.85. The van der Waals surface area contributed by atoms with E-state index in [-0.39, 0.29) is 12.2 Å². The lowest BCUT2D eigenvalue weighted by Gasteiger charge is -2.08. The van der Waals surface area contributed by atoms with Gasteiger partial charge in [0.1, 0.15) is 6.54 Å². The Balaban J connectivity index is 1.87. The zero-order chi connectivity index (χ0) is 20.2. The summed E-state index contributed by atoms with van der Waals surface area (Å²) in [6, 6.07) is 6.01. The fraction of sp³-hybridized carbons (Fsp3) is 0.312. The first-order valence-corrected chi connectivity index (χ1v) is 9.23. The van der Waals surface area contributed by atoms with Crippen molar-refractivity contribution < 1.29 is 31.5 Å². The molecule has 11 heteroatoms. The molecule has 1 aromatic heterocycles. The number of esters is 1. The molecule has 0 aliphatic rings. The first-order chi connectivity index (χ1) is 12.6. The molecule has 0 bridgehead atoms. The number of amides is 1. The summed E-state index contributed by atoms with van der Waals surface area (Å²) in [6.07, 6.45) is 0. The van der Waals surface area contributed by atoms with Gasteiger partial charge in [-0.2, -0.15) is 13.9 Å². The van der Waals surface area contributed by atoms with Crippen LogP contribution in [0.3, 0.4) is 0 Å². The molecule has 0 spiro atoms. The van der Waals surface area contributed by atoms with Gasteiger partial charge in [0.05, 0.1) is 10.6 Å². The number of nitrogens with one attached hydrogen (secondary N) is 1. The van der Waals surface area contributed by atoms with Crippen molar-refractivity contribution in [3.8, 4) is 0 Å². The summed E-state index contributed by atoms with van der Waals surface area (Å²) in [5.41, 5.74) is 1.69. The number of benzene rings is 1. The van der Waals surface area contributed by atoms with Gasteiger partial charge in [-0.1, -0.05) is 0 Å². The molecule has 2 rings (SSSR count). The minimum atomic E-state index is -4.70. The van der Waals surface area contributed by atoms with E-state index in [2.05, 4.69) is 10.4 Å². The van der Waals surface area contributed by atoms with Crippen LogP contribution >= 0.6 is 0 Å². The third kappa shape index (κ3) is 5.33. The Kier molecular flexibility index (Phi) is 6.26. The number of rotatable bonds is 7. The first kappa shape index (κ1) is 20.5. The third-order valence-corrected chi connectivity index (χ3v) is 4.85. The molecule has 8 nitrogen and oxygen atoms in total. The monoisotopic (exact) mass is 401 g/mol. The molecule has 0 aliphatic heterocycles. The molecule has 0 saturated carbocycles. The summed E-state index contributed by atoms with van der Waals surface area (Å²) < 4.78 is 53.8. The SMILES string of the molecule is Cc1cc(C)n(CC(=O)OCC(=O)Nc2ccc(S(=O)(=O)C(F)F)cc2)n1. The number of hydrogen-bond acceptors (Lipinski definition) is 6. The number of carbonyl (C=O) groups excluding carboxylic acids is 2. The van der Waals surface area contributed by atoms with Crippen LogP contribution in [0.1, 0.15) is 11.4 Å². The van der Waals surface area contributed by atoms with Crippen molar-refractivity contribution in [3.05, 3.63) is 41.7 Å². The number of nitrogens with zero attached hydrogens (tertiary/aromatic N) is 2. The van der Waals surface area contributed by atoms with Crippen molar-refractivity contribution in [2.75, 3.05) is 11.9 Å². The number of halogens is 2. The molecule has 1 N–H and O–H groups in total. The van der Waals surface area contributed by atoms with E-state index >= 15 is 0 Å². The highest BCUT2D eigenvalue weighted by Gasteiger charge is 2.26. The fourth-order valence-corrected chi connectivity index (χ4v) is 2.90. The smallest absolute Gasteiger partial charge is 0.341 e. The van der Waals surface area contributed by atoms with E-state index in [1.54, 1.807) is 19.9 Å². The van der Waals surface area contributed by atoms with Crippen molar-refractivity contribution in [2.24, 2.45) is 0 Å². The van der Waals surface area contributed by atoms with Gasteiger partial charge in [0.25, 0.3) is 5.91 Å². The minimum absolute atomic E-state index is 0.146. The van der Waals surface area contributed by atoms with E-state index in [0.717, 1.165) is 35.7 Å². The molecular formula is C16H17F2N3O5S. The largest absolute Gasteiger partial charge is 0.454 e. The van der Waals surface area contributed by atoms with Crippen molar-refractivity contribution >= 4 is 27.4 Å². The molecule has 0 aliphatic carbocycles. The second-order valence-corrected chi connectivity index (χ2v) is 7.54. The third-order valence-electron chi connectivity index (χ3n) is 3.45. The predicted octanol–water partition coefficient (Wildman–Crippen LogP) is 1.68. The average molecular weight is 401 g/mol. The molecule has 1 amide bonds. The standard InChI is InChI=1S/C16H17F2N3O5S/c1-10-7-11(2)21(20-10)8-15(23)26-9-14(22)19-12-3-5-13(6-4-12)27(24,25)16(17)18/h3-7,16H,8-9H2,1-2H3,(H,19,22). The van der Waals surface area contributed by atoms with Crippen LogP contribution in [0.4, 0.5) is 14.5 Å². The normalized spacial score (nSPS) is 11.4. The molecule has 1 heterocycles. The first-order valence-electron chi connectivity index (χ1n) is 7.68. The van der Waals surface area contributed by atoms with Crippen LogP contribution in [0.15, 0.2) is 35.2 Å². The molecule has 146 valence electrons. The maximum atomic E-state index is 12.5. The summed E-state index contributed by atoms with van der Waals surface area (Å²) in [7, 11) is -4.70. The Hall–Kier alpha value is -2.82. The summed E-state index contributed by atoms with van der Waals surface area (Å²) in [4.78, 5) is 23.0. The van der Waals surface area contributed by atoms with E-state index < -0.39 is 39.0 Å². The van der Waals surface area contributed by atoms with Gasteiger partial charge in [0.15, 0.2) is 6.61 Å². The summed E-state index contributed by atoms with van der Waals surface area (Å²) in [5, 5.41) is 6.46. The number of alkyl halides is 2. The van der Waals surface area contributed by atoms with Crippen LogP contribution in [-0.4, -0.2) is 42.4 Å². The Labute approximate surface area is 154 Å². The van der Waals surface area contributed by atoms with Crippen molar-refractivity contribution in [2.45, 2.75) is 31.0 Å². The summed E-state index contributed by atoms with van der Waals surface area (Å²) in [6.45, 7) is 2.85. The van der Waals surface area contributed by atoms with Crippen LogP contribution < -0.4 is 5.32 Å². The number of aromatic nitrogens is 2. The van der Waals surface area contributed by atoms with Gasteiger partial charge in [0, 0.05) is 11.4 Å². The van der Waals surface area contributed by atoms with Crippen LogP contribution in [0.5, 0.6) is 0 Å². The molecule has 2 aromatic rings. The Morgan fingerprint density at radius 1 is 1.22 bits per heavy atom. The van der Waals surface area contributed by atoms with Gasteiger partial charge < -0.3 is 10.1 Å². The van der Waals surface area contributed by atoms with E-state index in [1.807, 2.05) is 0 Å². The summed E-state index contributed by atoms with van der Waals surface area (Å²) >= 11 is 0. The van der Waals surface area contributed by atoms with Gasteiger partial charge >= 0.3 is 11.7 Å². The lowest BCUT2D eigenvalue weighted by molar-refractivity contribution is -0.148. The van der Waals surface area contributed by atoms with Gasteiger partial charge in [0.2, 0.25) is 9.84 Å². The van der Waals surface area contributed by atoms with Gasteiger partial charge in [-0.3, -0.25) is 14.3 Å². The number of hydrogen-bond donors (Lipinski definition) is 1. The molecule has 0 saturated heterocycles. The lowest BCUT2D eigenvalue weighted by Crippen LogP contribution is -2.23.